The number of hydrogen-bond donors (Lipinski definition) is 0. The van der Waals surface area contributed by atoms with Crippen molar-refractivity contribution in [1.29, 1.82) is 0 Å². The molecule has 1 aromatic carbocycles. The van der Waals surface area contributed by atoms with Crippen LogP contribution in [0.2, 0.25) is 0 Å². The van der Waals surface area contributed by atoms with Crippen LogP contribution in [0.1, 0.15) is 55.4 Å². The maximum absolute atomic E-state index is 3.61. The lowest BCUT2D eigenvalue weighted by Gasteiger charge is -2.50. The number of fused-ring (bicyclic) bond motifs is 1. The van der Waals surface area contributed by atoms with Crippen LogP contribution in [-0.4, -0.2) is 40.6 Å². The van der Waals surface area contributed by atoms with Crippen LogP contribution in [0, 0.1) is 6.67 Å². The van der Waals surface area contributed by atoms with E-state index in [-0.39, 0.29) is 0 Å². The Morgan fingerprint density at radius 2 is 1.16 bits per heavy atom. The Morgan fingerprint density at radius 1 is 0.760 bits per heavy atom. The molecule has 0 saturated carbocycles. The van der Waals surface area contributed by atoms with Gasteiger partial charge in [-0.25, -0.2) is 9.34 Å². The molecule has 0 unspecified atom stereocenters. The van der Waals surface area contributed by atoms with Crippen LogP contribution in [0.5, 0.6) is 0 Å². The lowest BCUT2D eigenvalue weighted by molar-refractivity contribution is 0.255. The van der Waals surface area contributed by atoms with Crippen molar-refractivity contribution in [3.8, 4) is 0 Å². The predicted molar refractivity (Wildman–Crippen MR) is 112 cm³/mol. The van der Waals surface area contributed by atoms with Gasteiger partial charge in [-0.2, -0.15) is 0 Å². The normalized spacial score (nSPS) is 15.2. The van der Waals surface area contributed by atoms with Crippen molar-refractivity contribution >= 4 is 19.7 Å². The van der Waals surface area contributed by atoms with Gasteiger partial charge in [-0.3, -0.25) is 4.67 Å². The summed E-state index contributed by atoms with van der Waals surface area (Å²) in [5, 5.41) is 0. The number of rotatable bonds is 7. The molecular formula is C20H35N4P. The van der Waals surface area contributed by atoms with Crippen LogP contribution < -0.4 is 9.57 Å². The summed E-state index contributed by atoms with van der Waals surface area (Å²) in [5.74, 6) is 0. The largest absolute Gasteiger partial charge is 0.342 e. The molecule has 0 spiro atoms. The second-order valence-electron chi connectivity index (χ2n) is 7.86. The Kier molecular flexibility index (Phi) is 6.75. The molecule has 0 aromatic heterocycles. The smallest absolute Gasteiger partial charge is 0.214 e. The monoisotopic (exact) mass is 362 g/mol. The van der Waals surface area contributed by atoms with E-state index in [0.29, 0.717) is 24.2 Å². The summed E-state index contributed by atoms with van der Waals surface area (Å²) in [6.45, 7) is 22.1. The lowest BCUT2D eigenvalue weighted by Crippen LogP contribution is -2.47. The molecule has 5 heteroatoms. The number of para-hydroxylation sites is 2. The second kappa shape index (κ2) is 8.24. The van der Waals surface area contributed by atoms with Gasteiger partial charge in [-0.15, -0.1) is 0 Å². The van der Waals surface area contributed by atoms with Gasteiger partial charge in [0.25, 0.3) is 0 Å². The van der Waals surface area contributed by atoms with E-state index in [2.05, 4.69) is 112 Å². The third kappa shape index (κ3) is 4.13. The summed E-state index contributed by atoms with van der Waals surface area (Å²) in [6, 6.07) is 10.5. The molecule has 4 nitrogen and oxygen atoms in total. The minimum atomic E-state index is -0.712. The molecule has 1 heterocycles. The average molecular weight is 363 g/mol. The highest BCUT2D eigenvalue weighted by atomic mass is 31.2. The summed E-state index contributed by atoms with van der Waals surface area (Å²) in [4.78, 5) is 2.13. The van der Waals surface area contributed by atoms with Crippen LogP contribution in [0.15, 0.2) is 24.3 Å². The summed E-state index contributed by atoms with van der Waals surface area (Å²) in [5.41, 5.74) is 2.49. The van der Waals surface area contributed by atoms with Crippen molar-refractivity contribution in [1.82, 2.24) is 9.34 Å². The fraction of sp³-hybridized carbons (Fsp3) is 0.650. The first-order chi connectivity index (χ1) is 11.7. The molecule has 0 atom stereocenters. The fourth-order valence-electron chi connectivity index (χ4n) is 3.66. The molecule has 0 bridgehead atoms. The summed E-state index contributed by atoms with van der Waals surface area (Å²) in [7, 11) is 1.38. The number of benzene rings is 1. The Morgan fingerprint density at radius 3 is 1.56 bits per heavy atom. The average Bonchev–Trinajstić information content (AvgIpc) is 2.82. The molecule has 25 heavy (non-hydrogen) atoms. The van der Waals surface area contributed by atoms with Gasteiger partial charge in [0, 0.05) is 31.2 Å². The first kappa shape index (κ1) is 20.5. The molecule has 0 saturated heterocycles. The SMILES string of the molecule is CC(C)N(C(C)C)P(N1[C]N(C)c2ccccc21)N(C(C)C)C(C)C. The van der Waals surface area contributed by atoms with E-state index in [1.165, 1.54) is 11.4 Å². The Hall–Kier alpha value is -0.830. The van der Waals surface area contributed by atoms with E-state index in [1.807, 2.05) is 0 Å². The minimum Gasteiger partial charge on any atom is -0.342 e. The Bertz CT molecular complexity index is 522. The van der Waals surface area contributed by atoms with Crippen molar-refractivity contribution in [2.24, 2.45) is 0 Å². The fourth-order valence-corrected chi connectivity index (χ4v) is 6.54. The van der Waals surface area contributed by atoms with Gasteiger partial charge in [0.1, 0.15) is 0 Å². The number of hydrogen-bond acceptors (Lipinski definition) is 4. The molecular weight excluding hydrogens is 327 g/mol. The van der Waals surface area contributed by atoms with Gasteiger partial charge < -0.3 is 4.90 Å². The molecule has 0 fully saturated rings. The summed E-state index contributed by atoms with van der Waals surface area (Å²) >= 11 is 0. The molecule has 2 radical (unpaired) electrons. The van der Waals surface area contributed by atoms with Gasteiger partial charge in [-0.1, -0.05) is 12.1 Å². The van der Waals surface area contributed by atoms with Gasteiger partial charge in [-0.05, 0) is 67.5 Å². The zero-order chi connectivity index (χ0) is 18.9. The highest BCUT2D eigenvalue weighted by molar-refractivity contribution is 7.54. The molecule has 1 aliphatic rings. The highest BCUT2D eigenvalue weighted by Gasteiger charge is 2.42. The lowest BCUT2D eigenvalue weighted by atomic mass is 10.3. The van der Waals surface area contributed by atoms with Crippen LogP contribution >= 0.6 is 8.37 Å². The molecule has 140 valence electrons. The van der Waals surface area contributed by atoms with E-state index < -0.39 is 8.37 Å². The van der Waals surface area contributed by atoms with Crippen molar-refractivity contribution in [2.75, 3.05) is 16.6 Å². The van der Waals surface area contributed by atoms with E-state index in [0.717, 1.165) is 0 Å². The zero-order valence-electron chi connectivity index (χ0n) is 17.4. The predicted octanol–water partition coefficient (Wildman–Crippen LogP) is 5.40. The van der Waals surface area contributed by atoms with Crippen molar-refractivity contribution in [2.45, 2.75) is 79.6 Å². The van der Waals surface area contributed by atoms with E-state index in [4.69, 9.17) is 0 Å². The van der Waals surface area contributed by atoms with Gasteiger partial charge in [0.2, 0.25) is 6.67 Å². The third-order valence-corrected chi connectivity index (χ3v) is 7.76. The molecule has 2 rings (SSSR count). The molecule has 1 aromatic rings. The van der Waals surface area contributed by atoms with Crippen LogP contribution in [-0.2, 0) is 0 Å². The Balaban J connectivity index is 2.56. The van der Waals surface area contributed by atoms with E-state index >= 15 is 0 Å². The first-order valence-corrected chi connectivity index (χ1v) is 10.6. The van der Waals surface area contributed by atoms with Gasteiger partial charge in [0.05, 0.1) is 11.4 Å². The molecule has 1 aliphatic heterocycles. The standard InChI is InChI=1S/C20H35N4P/c1-15(2)23(16(3)4)25(24(17(5)6)18(7)8)22-14-21(9)19-12-10-11-13-20(19)22/h10-13,15-18H,1-9H3. The Labute approximate surface area is 156 Å². The molecule has 0 N–H and O–H groups in total. The first-order valence-electron chi connectivity index (χ1n) is 9.42. The van der Waals surface area contributed by atoms with Gasteiger partial charge in [0.15, 0.2) is 8.37 Å². The van der Waals surface area contributed by atoms with Crippen molar-refractivity contribution in [3.63, 3.8) is 0 Å². The quantitative estimate of drug-likeness (QED) is 0.602. The van der Waals surface area contributed by atoms with Crippen LogP contribution in [0.3, 0.4) is 0 Å². The molecule has 0 aliphatic carbocycles. The molecule has 0 amide bonds. The number of anilines is 2. The highest BCUT2D eigenvalue weighted by Crippen LogP contribution is 2.59. The second-order valence-corrected chi connectivity index (χ2v) is 9.72. The maximum Gasteiger partial charge on any atom is 0.214 e. The number of nitrogens with zero attached hydrogens (tertiary/aromatic N) is 4. The van der Waals surface area contributed by atoms with Crippen LogP contribution in [0.25, 0.3) is 0 Å². The third-order valence-electron chi connectivity index (χ3n) is 4.42. The zero-order valence-corrected chi connectivity index (χ0v) is 18.2. The minimum absolute atomic E-state index is 0.464. The van der Waals surface area contributed by atoms with Crippen LogP contribution in [0.4, 0.5) is 11.4 Å². The van der Waals surface area contributed by atoms with Crippen molar-refractivity contribution in [3.05, 3.63) is 30.9 Å². The maximum atomic E-state index is 3.61. The van der Waals surface area contributed by atoms with E-state index in [1.54, 1.807) is 0 Å². The van der Waals surface area contributed by atoms with Gasteiger partial charge >= 0.3 is 0 Å². The summed E-state index contributed by atoms with van der Waals surface area (Å²) < 4.78 is 7.70. The van der Waals surface area contributed by atoms with E-state index in [9.17, 15) is 0 Å². The topological polar surface area (TPSA) is 13.0 Å². The van der Waals surface area contributed by atoms with Crippen molar-refractivity contribution < 1.29 is 0 Å². The summed E-state index contributed by atoms with van der Waals surface area (Å²) in [6.07, 6.45) is 0.